The van der Waals surface area contributed by atoms with Gasteiger partial charge in [-0.1, -0.05) is 6.07 Å². The zero-order valence-electron chi connectivity index (χ0n) is 16.4. The number of esters is 1. The van der Waals surface area contributed by atoms with E-state index >= 15 is 0 Å². The molecule has 1 aromatic heterocycles. The molecule has 30 heavy (non-hydrogen) atoms. The molecule has 2 N–H and O–H groups in total. The predicted octanol–water partition coefficient (Wildman–Crippen LogP) is 2.42. The van der Waals surface area contributed by atoms with Crippen LogP contribution >= 0.6 is 0 Å². The van der Waals surface area contributed by atoms with Crippen molar-refractivity contribution >= 4 is 22.8 Å². The molecule has 0 saturated heterocycles. The molecule has 1 atom stereocenters. The van der Waals surface area contributed by atoms with Gasteiger partial charge in [-0.3, -0.25) is 9.59 Å². The molecule has 8 nitrogen and oxygen atoms in total. The third-order valence-corrected chi connectivity index (χ3v) is 5.02. The largest absolute Gasteiger partial charge is 0.493 e. The summed E-state index contributed by atoms with van der Waals surface area (Å²) < 4.78 is 21.7. The van der Waals surface area contributed by atoms with Gasteiger partial charge in [0.2, 0.25) is 0 Å². The number of carbonyl (C=O) groups is 2. The molecule has 1 aliphatic heterocycles. The fourth-order valence-corrected chi connectivity index (χ4v) is 3.69. The van der Waals surface area contributed by atoms with Crippen LogP contribution in [0.15, 0.2) is 45.6 Å². The minimum atomic E-state index is -0.628. The number of hydrogen-bond donors (Lipinski definition) is 1. The van der Waals surface area contributed by atoms with E-state index in [0.717, 1.165) is 10.9 Å². The van der Waals surface area contributed by atoms with Gasteiger partial charge >= 0.3 is 11.6 Å². The Morgan fingerprint density at radius 3 is 2.70 bits per heavy atom. The highest BCUT2D eigenvalue weighted by Gasteiger charge is 2.32. The van der Waals surface area contributed by atoms with E-state index in [2.05, 4.69) is 0 Å². The van der Waals surface area contributed by atoms with Crippen LogP contribution in [-0.4, -0.2) is 25.6 Å². The summed E-state index contributed by atoms with van der Waals surface area (Å²) in [4.78, 5) is 35.4. The fraction of sp³-hybridized carbons (Fsp3) is 0.227. The minimum absolute atomic E-state index is 0.0470. The second-order valence-corrected chi connectivity index (χ2v) is 7.00. The molecule has 0 saturated carbocycles. The molecule has 1 amide bonds. The first-order chi connectivity index (χ1) is 14.4. The van der Waals surface area contributed by atoms with Gasteiger partial charge in [-0.2, -0.15) is 0 Å². The van der Waals surface area contributed by atoms with Gasteiger partial charge in [-0.15, -0.1) is 0 Å². The maximum atomic E-state index is 12.3. The highest BCUT2D eigenvalue weighted by Crippen LogP contribution is 2.44. The number of ether oxygens (including phenoxy) is 3. The van der Waals surface area contributed by atoms with E-state index in [4.69, 9.17) is 24.4 Å². The normalized spacial score (nSPS) is 15.4. The van der Waals surface area contributed by atoms with E-state index in [1.807, 2.05) is 6.92 Å². The summed E-state index contributed by atoms with van der Waals surface area (Å²) in [6.07, 6.45) is 0.0470. The average Bonchev–Trinajstić information content (AvgIpc) is 2.70. The molecule has 2 heterocycles. The monoisotopic (exact) mass is 409 g/mol. The van der Waals surface area contributed by atoms with Gasteiger partial charge in [-0.05, 0) is 42.3 Å². The molecule has 0 unspecified atom stereocenters. The van der Waals surface area contributed by atoms with Gasteiger partial charge in [0.05, 0.1) is 13.5 Å². The molecule has 0 bridgehead atoms. The van der Waals surface area contributed by atoms with Crippen molar-refractivity contribution in [3.8, 4) is 17.2 Å². The van der Waals surface area contributed by atoms with Crippen LogP contribution in [0.4, 0.5) is 0 Å². The van der Waals surface area contributed by atoms with Crippen LogP contribution in [0.1, 0.15) is 29.0 Å². The van der Waals surface area contributed by atoms with Crippen molar-refractivity contribution in [1.29, 1.82) is 0 Å². The molecule has 0 spiro atoms. The standard InChI is InChI=1S/C22H19NO7/c1-11-7-19(25)30-22-13(11)4-6-16-21(22)14(9-20(26)29-16)12-3-5-15(27-2)17(8-12)28-10-18(23)24/h3-8,14H,9-10H2,1-2H3,(H2,23,24)/t14-/m1/s1. The minimum Gasteiger partial charge on any atom is -0.493 e. The van der Waals surface area contributed by atoms with E-state index in [9.17, 15) is 14.4 Å². The highest BCUT2D eigenvalue weighted by molar-refractivity contribution is 5.90. The number of aryl methyl sites for hydroxylation is 1. The lowest BCUT2D eigenvalue weighted by atomic mass is 9.85. The van der Waals surface area contributed by atoms with E-state index in [-0.39, 0.29) is 13.0 Å². The number of hydrogen-bond acceptors (Lipinski definition) is 7. The number of primary amides is 1. The summed E-state index contributed by atoms with van der Waals surface area (Å²) in [5.74, 6) is -0.412. The third-order valence-electron chi connectivity index (χ3n) is 5.02. The first-order valence-corrected chi connectivity index (χ1v) is 9.24. The van der Waals surface area contributed by atoms with Gasteiger partial charge in [-0.25, -0.2) is 4.79 Å². The van der Waals surface area contributed by atoms with Crippen LogP contribution in [0, 0.1) is 6.92 Å². The van der Waals surface area contributed by atoms with Crippen molar-refractivity contribution in [1.82, 2.24) is 0 Å². The molecule has 4 rings (SSSR count). The Hall–Kier alpha value is -3.81. The summed E-state index contributed by atoms with van der Waals surface area (Å²) >= 11 is 0. The van der Waals surface area contributed by atoms with Gasteiger partial charge < -0.3 is 24.4 Å². The average molecular weight is 409 g/mol. The van der Waals surface area contributed by atoms with Crippen molar-refractivity contribution in [3.05, 3.63) is 63.5 Å². The van der Waals surface area contributed by atoms with E-state index in [1.165, 1.54) is 13.2 Å². The summed E-state index contributed by atoms with van der Waals surface area (Å²) in [7, 11) is 1.48. The van der Waals surface area contributed by atoms with Crippen molar-refractivity contribution in [2.45, 2.75) is 19.3 Å². The Balaban J connectivity index is 1.90. The number of fused-ring (bicyclic) bond motifs is 3. The van der Waals surface area contributed by atoms with Gasteiger partial charge in [0.1, 0.15) is 11.3 Å². The number of rotatable bonds is 5. The topological polar surface area (TPSA) is 118 Å². The molecular formula is C22H19NO7. The molecular weight excluding hydrogens is 390 g/mol. The zero-order chi connectivity index (χ0) is 21.4. The van der Waals surface area contributed by atoms with Crippen molar-refractivity contribution in [3.63, 3.8) is 0 Å². The van der Waals surface area contributed by atoms with Crippen LogP contribution in [0.5, 0.6) is 17.2 Å². The van der Waals surface area contributed by atoms with E-state index in [0.29, 0.717) is 34.0 Å². The predicted molar refractivity (Wildman–Crippen MR) is 107 cm³/mol. The third kappa shape index (κ3) is 3.47. The summed E-state index contributed by atoms with van der Waals surface area (Å²) in [5, 5.41) is 0.759. The first-order valence-electron chi connectivity index (χ1n) is 9.24. The smallest absolute Gasteiger partial charge is 0.336 e. The van der Waals surface area contributed by atoms with Gasteiger partial charge in [0.15, 0.2) is 18.1 Å². The van der Waals surface area contributed by atoms with E-state index in [1.54, 1.807) is 30.3 Å². The molecule has 0 fully saturated rings. The lowest BCUT2D eigenvalue weighted by Crippen LogP contribution is -2.22. The van der Waals surface area contributed by atoms with Gasteiger partial charge in [0.25, 0.3) is 5.91 Å². The highest BCUT2D eigenvalue weighted by atomic mass is 16.5. The second-order valence-electron chi connectivity index (χ2n) is 7.00. The zero-order valence-corrected chi connectivity index (χ0v) is 16.4. The Morgan fingerprint density at radius 1 is 1.17 bits per heavy atom. The SMILES string of the molecule is COc1ccc([C@H]2CC(=O)Oc3ccc4c(C)cc(=O)oc4c32)cc1OCC(N)=O. The maximum Gasteiger partial charge on any atom is 0.336 e. The Kier molecular flexibility index (Phi) is 4.91. The molecule has 8 heteroatoms. The lowest BCUT2D eigenvalue weighted by molar-refractivity contribution is -0.135. The molecule has 1 aliphatic rings. The lowest BCUT2D eigenvalue weighted by Gasteiger charge is -2.26. The first kappa shape index (κ1) is 19.5. The van der Waals surface area contributed by atoms with Crippen molar-refractivity contribution < 1.29 is 28.2 Å². The van der Waals surface area contributed by atoms with Gasteiger partial charge in [0, 0.05) is 22.9 Å². The molecule has 2 aromatic carbocycles. The molecule has 154 valence electrons. The van der Waals surface area contributed by atoms with Crippen LogP contribution in [0.3, 0.4) is 0 Å². The number of methoxy groups -OCH3 is 1. The van der Waals surface area contributed by atoms with Crippen LogP contribution in [0.2, 0.25) is 0 Å². The summed E-state index contributed by atoms with van der Waals surface area (Å²) in [5.41, 5.74) is 7.16. The fourth-order valence-electron chi connectivity index (χ4n) is 3.69. The quantitative estimate of drug-likeness (QED) is 0.390. The Labute approximate surface area is 171 Å². The molecule has 3 aromatic rings. The number of carbonyl (C=O) groups excluding carboxylic acids is 2. The maximum absolute atomic E-state index is 12.3. The second kappa shape index (κ2) is 7.55. The van der Waals surface area contributed by atoms with Crippen molar-refractivity contribution in [2.24, 2.45) is 5.73 Å². The van der Waals surface area contributed by atoms with Crippen LogP contribution in [-0.2, 0) is 9.59 Å². The van der Waals surface area contributed by atoms with Crippen molar-refractivity contribution in [2.75, 3.05) is 13.7 Å². The van der Waals surface area contributed by atoms with Crippen LogP contribution < -0.4 is 25.6 Å². The summed E-state index contributed by atoms with van der Waals surface area (Å²) in [6.45, 7) is 1.50. The number of nitrogens with two attached hydrogens (primary N) is 1. The molecule has 0 radical (unpaired) electrons. The molecule has 0 aliphatic carbocycles. The van der Waals surface area contributed by atoms with E-state index < -0.39 is 23.4 Å². The Morgan fingerprint density at radius 2 is 1.97 bits per heavy atom. The Bertz CT molecular complexity index is 1230. The number of amides is 1. The summed E-state index contributed by atoms with van der Waals surface area (Å²) in [6, 6.07) is 10.0. The number of benzene rings is 2. The van der Waals surface area contributed by atoms with Crippen LogP contribution in [0.25, 0.3) is 11.0 Å².